The standard InChI is InChI=1S/C20H18N2O3S/c1-14(23)16-5-4-6-17(13-16)22-26(24,25)18-11-9-15(10-12-18)19-7-2-3-8-20(19)21/h2-13,22H,21H2,1H3. The first-order chi connectivity index (χ1) is 12.4. The average molecular weight is 366 g/mol. The fourth-order valence-electron chi connectivity index (χ4n) is 2.59. The Kier molecular flexibility index (Phi) is 4.77. The zero-order chi connectivity index (χ0) is 18.7. The lowest BCUT2D eigenvalue weighted by atomic mass is 10.0. The first kappa shape index (κ1) is 17.7. The average Bonchev–Trinajstić information content (AvgIpc) is 2.62. The molecule has 0 unspecified atom stereocenters. The maximum absolute atomic E-state index is 12.6. The van der Waals surface area contributed by atoms with Crippen LogP contribution in [0.3, 0.4) is 0 Å². The Hall–Kier alpha value is -3.12. The van der Waals surface area contributed by atoms with Gasteiger partial charge in [0.25, 0.3) is 10.0 Å². The number of sulfonamides is 1. The Bertz CT molecular complexity index is 1060. The Balaban J connectivity index is 1.87. The third kappa shape index (κ3) is 3.75. The number of anilines is 2. The van der Waals surface area contributed by atoms with Crippen molar-refractivity contribution in [2.45, 2.75) is 11.8 Å². The van der Waals surface area contributed by atoms with E-state index in [9.17, 15) is 13.2 Å². The second kappa shape index (κ2) is 7.01. The van der Waals surface area contributed by atoms with Crippen molar-refractivity contribution in [2.24, 2.45) is 0 Å². The van der Waals surface area contributed by atoms with Gasteiger partial charge in [0.05, 0.1) is 4.90 Å². The van der Waals surface area contributed by atoms with Crippen LogP contribution >= 0.6 is 0 Å². The number of carbonyl (C=O) groups excluding carboxylic acids is 1. The van der Waals surface area contributed by atoms with Gasteiger partial charge in [-0.05, 0) is 42.8 Å². The van der Waals surface area contributed by atoms with Gasteiger partial charge in [-0.15, -0.1) is 0 Å². The zero-order valence-corrected chi connectivity index (χ0v) is 15.0. The highest BCUT2D eigenvalue weighted by Gasteiger charge is 2.15. The minimum absolute atomic E-state index is 0.129. The molecule has 0 radical (unpaired) electrons. The number of rotatable bonds is 5. The molecule has 6 heteroatoms. The van der Waals surface area contributed by atoms with E-state index in [1.807, 2.05) is 18.2 Å². The second-order valence-electron chi connectivity index (χ2n) is 5.85. The monoisotopic (exact) mass is 366 g/mol. The van der Waals surface area contributed by atoms with E-state index < -0.39 is 10.0 Å². The molecule has 0 saturated carbocycles. The fraction of sp³-hybridized carbons (Fsp3) is 0.0500. The number of ketones is 1. The molecule has 0 bridgehead atoms. The van der Waals surface area contributed by atoms with Crippen molar-refractivity contribution in [1.82, 2.24) is 0 Å². The van der Waals surface area contributed by atoms with Gasteiger partial charge >= 0.3 is 0 Å². The van der Waals surface area contributed by atoms with Crippen molar-refractivity contribution in [2.75, 3.05) is 10.5 Å². The molecule has 0 fully saturated rings. The molecule has 0 aromatic heterocycles. The number of nitrogens with one attached hydrogen (secondary N) is 1. The molecule has 0 amide bonds. The Morgan fingerprint density at radius 3 is 2.27 bits per heavy atom. The summed E-state index contributed by atoms with van der Waals surface area (Å²) in [5.41, 5.74) is 9.05. The molecule has 0 aliphatic rings. The van der Waals surface area contributed by atoms with Gasteiger partial charge in [-0.3, -0.25) is 9.52 Å². The predicted octanol–water partition coefficient (Wildman–Crippen LogP) is 3.94. The summed E-state index contributed by atoms with van der Waals surface area (Å²) < 4.78 is 27.6. The predicted molar refractivity (Wildman–Crippen MR) is 104 cm³/mol. The molecular formula is C20H18N2O3S. The van der Waals surface area contributed by atoms with Gasteiger partial charge in [-0.25, -0.2) is 8.42 Å². The van der Waals surface area contributed by atoms with Gasteiger partial charge in [0.2, 0.25) is 0 Å². The van der Waals surface area contributed by atoms with Gasteiger partial charge in [0.15, 0.2) is 5.78 Å². The largest absolute Gasteiger partial charge is 0.398 e. The summed E-state index contributed by atoms with van der Waals surface area (Å²) in [5.74, 6) is -0.129. The van der Waals surface area contributed by atoms with Crippen LogP contribution in [-0.2, 0) is 10.0 Å². The maximum atomic E-state index is 12.6. The van der Waals surface area contributed by atoms with Crippen LogP contribution in [0.4, 0.5) is 11.4 Å². The lowest BCUT2D eigenvalue weighted by molar-refractivity contribution is 0.101. The highest BCUT2D eigenvalue weighted by atomic mass is 32.2. The van der Waals surface area contributed by atoms with Gasteiger partial charge in [0.1, 0.15) is 0 Å². The molecule has 26 heavy (non-hydrogen) atoms. The number of para-hydroxylation sites is 1. The molecule has 0 aliphatic carbocycles. The van der Waals surface area contributed by atoms with E-state index in [2.05, 4.69) is 4.72 Å². The number of nitrogens with two attached hydrogens (primary N) is 1. The molecule has 0 heterocycles. The van der Waals surface area contributed by atoms with Crippen molar-refractivity contribution in [3.8, 4) is 11.1 Å². The minimum Gasteiger partial charge on any atom is -0.398 e. The Labute approximate surface area is 152 Å². The lowest BCUT2D eigenvalue weighted by Gasteiger charge is -2.10. The third-order valence-corrected chi connectivity index (χ3v) is 5.35. The van der Waals surface area contributed by atoms with Crippen LogP contribution in [0, 0.1) is 0 Å². The highest BCUT2D eigenvalue weighted by molar-refractivity contribution is 7.92. The normalized spacial score (nSPS) is 11.1. The number of Topliss-reactive ketones (excluding diaryl/α,β-unsaturated/α-hetero) is 1. The topological polar surface area (TPSA) is 89.3 Å². The molecule has 5 nitrogen and oxygen atoms in total. The van der Waals surface area contributed by atoms with Crippen LogP contribution in [0.1, 0.15) is 17.3 Å². The lowest BCUT2D eigenvalue weighted by Crippen LogP contribution is -2.13. The SMILES string of the molecule is CC(=O)c1cccc(NS(=O)(=O)c2ccc(-c3ccccc3N)cc2)c1. The molecule has 3 rings (SSSR count). The van der Waals surface area contributed by atoms with E-state index in [0.717, 1.165) is 11.1 Å². The fourth-order valence-corrected chi connectivity index (χ4v) is 3.64. The summed E-state index contributed by atoms with van der Waals surface area (Å²) in [6, 6.07) is 20.3. The van der Waals surface area contributed by atoms with Crippen molar-refractivity contribution in [1.29, 1.82) is 0 Å². The Morgan fingerprint density at radius 1 is 0.923 bits per heavy atom. The van der Waals surface area contributed by atoms with Gasteiger partial charge in [-0.2, -0.15) is 0 Å². The number of nitrogen functional groups attached to an aromatic ring is 1. The summed E-state index contributed by atoms with van der Waals surface area (Å²) in [6.45, 7) is 1.43. The molecular weight excluding hydrogens is 348 g/mol. The molecule has 132 valence electrons. The van der Waals surface area contributed by atoms with Gasteiger partial charge < -0.3 is 5.73 Å². The first-order valence-electron chi connectivity index (χ1n) is 7.95. The van der Waals surface area contributed by atoms with Gasteiger partial charge in [0, 0.05) is 22.5 Å². The molecule has 0 aliphatic heterocycles. The van der Waals surface area contributed by atoms with Crippen molar-refractivity contribution in [3.63, 3.8) is 0 Å². The molecule has 0 saturated heterocycles. The number of benzene rings is 3. The quantitative estimate of drug-likeness (QED) is 0.529. The number of carbonyl (C=O) groups is 1. The zero-order valence-electron chi connectivity index (χ0n) is 14.1. The van der Waals surface area contributed by atoms with Crippen LogP contribution in [0.15, 0.2) is 77.7 Å². The van der Waals surface area contributed by atoms with Gasteiger partial charge in [-0.1, -0.05) is 42.5 Å². The maximum Gasteiger partial charge on any atom is 0.261 e. The minimum atomic E-state index is -3.76. The van der Waals surface area contributed by atoms with Crippen LogP contribution in [0.25, 0.3) is 11.1 Å². The van der Waals surface area contributed by atoms with Crippen LogP contribution in [0.2, 0.25) is 0 Å². The summed E-state index contributed by atoms with van der Waals surface area (Å²) in [6.07, 6.45) is 0. The summed E-state index contributed by atoms with van der Waals surface area (Å²) in [7, 11) is -3.76. The number of hydrogen-bond acceptors (Lipinski definition) is 4. The first-order valence-corrected chi connectivity index (χ1v) is 9.44. The van der Waals surface area contributed by atoms with E-state index in [4.69, 9.17) is 5.73 Å². The van der Waals surface area contributed by atoms with Crippen LogP contribution in [-0.4, -0.2) is 14.2 Å². The molecule has 3 aromatic rings. The smallest absolute Gasteiger partial charge is 0.261 e. The van der Waals surface area contributed by atoms with Crippen LogP contribution < -0.4 is 10.5 Å². The Morgan fingerprint density at radius 2 is 1.62 bits per heavy atom. The number of hydrogen-bond donors (Lipinski definition) is 2. The second-order valence-corrected chi connectivity index (χ2v) is 7.54. The summed E-state index contributed by atoms with van der Waals surface area (Å²) >= 11 is 0. The van der Waals surface area contributed by atoms with E-state index >= 15 is 0 Å². The van der Waals surface area contributed by atoms with Crippen LogP contribution in [0.5, 0.6) is 0 Å². The van der Waals surface area contributed by atoms with E-state index in [-0.39, 0.29) is 10.7 Å². The molecule has 3 N–H and O–H groups in total. The van der Waals surface area contributed by atoms with E-state index in [1.165, 1.54) is 25.1 Å². The molecule has 0 spiro atoms. The summed E-state index contributed by atoms with van der Waals surface area (Å²) in [4.78, 5) is 11.6. The highest BCUT2D eigenvalue weighted by Crippen LogP contribution is 2.27. The van der Waals surface area contributed by atoms with Crippen molar-refractivity contribution < 1.29 is 13.2 Å². The van der Waals surface area contributed by atoms with Crippen molar-refractivity contribution >= 4 is 27.2 Å². The summed E-state index contributed by atoms with van der Waals surface area (Å²) in [5, 5.41) is 0. The van der Waals surface area contributed by atoms with Crippen molar-refractivity contribution in [3.05, 3.63) is 78.4 Å². The van der Waals surface area contributed by atoms with E-state index in [0.29, 0.717) is 16.9 Å². The molecule has 0 atom stereocenters. The third-order valence-electron chi connectivity index (χ3n) is 3.96. The van der Waals surface area contributed by atoms with E-state index in [1.54, 1.807) is 36.4 Å². The molecule has 3 aromatic carbocycles.